The lowest BCUT2D eigenvalue weighted by molar-refractivity contribution is -0.142. The zero-order valence-corrected chi connectivity index (χ0v) is 20.5. The highest BCUT2D eigenvalue weighted by Gasteiger charge is 2.60. The fourth-order valence-corrected chi connectivity index (χ4v) is 6.32. The van der Waals surface area contributed by atoms with E-state index in [9.17, 15) is 14.4 Å². The van der Waals surface area contributed by atoms with Gasteiger partial charge in [-0.2, -0.15) is 0 Å². The van der Waals surface area contributed by atoms with E-state index >= 15 is 0 Å². The van der Waals surface area contributed by atoms with E-state index in [1.165, 1.54) is 4.90 Å². The SMILES string of the molecule is COc1ccc(N2C(=O)[C@@H]3[C@@H]4C(=O)Oc5ccc6ccccc6c5C4=C[C@@H](c4ccccc4)[C@@H]3C2=O)cc1. The number of anilines is 1. The molecule has 2 amide bonds. The highest BCUT2D eigenvalue weighted by molar-refractivity contribution is 6.25. The van der Waals surface area contributed by atoms with Crippen molar-refractivity contribution in [3.05, 3.63) is 108 Å². The molecule has 0 spiro atoms. The van der Waals surface area contributed by atoms with Crippen molar-refractivity contribution in [3.8, 4) is 11.5 Å². The summed E-state index contributed by atoms with van der Waals surface area (Å²) in [5.74, 6) is -2.98. The number of nitrogens with zero attached hydrogens (tertiary/aromatic N) is 1. The zero-order chi connectivity index (χ0) is 26.0. The van der Waals surface area contributed by atoms with Crippen molar-refractivity contribution in [3.63, 3.8) is 0 Å². The average Bonchev–Trinajstić information content (AvgIpc) is 3.22. The summed E-state index contributed by atoms with van der Waals surface area (Å²) < 4.78 is 11.1. The summed E-state index contributed by atoms with van der Waals surface area (Å²) in [6, 6.07) is 28.2. The second-order valence-electron chi connectivity index (χ2n) is 9.88. The molecule has 38 heavy (non-hydrogen) atoms. The molecule has 6 heteroatoms. The Labute approximate surface area is 219 Å². The maximum Gasteiger partial charge on any atom is 0.319 e. The Morgan fingerprint density at radius 1 is 0.763 bits per heavy atom. The lowest BCUT2D eigenvalue weighted by atomic mass is 9.64. The van der Waals surface area contributed by atoms with Crippen LogP contribution < -0.4 is 14.4 Å². The molecule has 0 bridgehead atoms. The van der Waals surface area contributed by atoms with Crippen LogP contribution in [0.5, 0.6) is 11.5 Å². The van der Waals surface area contributed by atoms with Gasteiger partial charge in [-0.25, -0.2) is 4.90 Å². The van der Waals surface area contributed by atoms with Crippen LogP contribution in [-0.4, -0.2) is 24.9 Å². The van der Waals surface area contributed by atoms with Crippen LogP contribution in [0.2, 0.25) is 0 Å². The molecule has 0 saturated carbocycles. The Morgan fingerprint density at radius 3 is 2.24 bits per heavy atom. The first kappa shape index (κ1) is 22.5. The van der Waals surface area contributed by atoms with E-state index in [1.807, 2.05) is 72.8 Å². The molecule has 2 heterocycles. The lowest BCUT2D eigenvalue weighted by Crippen LogP contribution is -2.42. The van der Waals surface area contributed by atoms with Crippen molar-refractivity contribution >= 4 is 39.8 Å². The highest BCUT2D eigenvalue weighted by Crippen LogP contribution is 2.55. The molecular weight excluding hydrogens is 478 g/mol. The van der Waals surface area contributed by atoms with Crippen LogP contribution in [0.4, 0.5) is 5.69 Å². The normalized spacial score (nSPS) is 23.9. The predicted molar refractivity (Wildman–Crippen MR) is 143 cm³/mol. The summed E-state index contributed by atoms with van der Waals surface area (Å²) in [4.78, 5) is 42.9. The average molecular weight is 502 g/mol. The Bertz CT molecular complexity index is 1660. The van der Waals surface area contributed by atoms with Gasteiger partial charge < -0.3 is 9.47 Å². The number of ether oxygens (including phenoxy) is 2. The molecule has 2 aliphatic heterocycles. The third kappa shape index (κ3) is 3.16. The summed E-state index contributed by atoms with van der Waals surface area (Å²) in [5, 5.41) is 1.96. The maximum absolute atomic E-state index is 14.1. The number of carbonyl (C=O) groups excluding carboxylic acids is 3. The van der Waals surface area contributed by atoms with E-state index in [0.717, 1.165) is 27.5 Å². The standard InChI is InChI=1S/C32H23NO5/c1-37-21-14-12-20(13-15-21)33-30(34)27-23(18-7-3-2-4-8-18)17-24-26-22-10-6-5-9-19(22)11-16-25(26)38-32(36)28(24)29(27)31(33)35/h2-17,23,27-29H,1H3/t23-,27-,28+,29-/m0/s1. The maximum atomic E-state index is 14.1. The molecule has 3 aliphatic rings. The number of fused-ring (bicyclic) bond motifs is 7. The molecule has 0 unspecified atom stereocenters. The van der Waals surface area contributed by atoms with Gasteiger partial charge in [0, 0.05) is 11.5 Å². The zero-order valence-electron chi connectivity index (χ0n) is 20.5. The second kappa shape index (κ2) is 8.42. The van der Waals surface area contributed by atoms with Gasteiger partial charge in [-0.3, -0.25) is 14.4 Å². The Balaban J connectivity index is 1.45. The van der Waals surface area contributed by atoms with Gasteiger partial charge in [-0.1, -0.05) is 66.7 Å². The molecule has 186 valence electrons. The van der Waals surface area contributed by atoms with Crippen LogP contribution in [0.15, 0.2) is 97.1 Å². The van der Waals surface area contributed by atoms with Crippen molar-refractivity contribution in [2.24, 2.45) is 17.8 Å². The summed E-state index contributed by atoms with van der Waals surface area (Å²) >= 11 is 0. The van der Waals surface area contributed by atoms with Gasteiger partial charge >= 0.3 is 5.97 Å². The Kier molecular flexibility index (Phi) is 4.98. The van der Waals surface area contributed by atoms with E-state index in [-0.39, 0.29) is 17.7 Å². The summed E-state index contributed by atoms with van der Waals surface area (Å²) in [5.41, 5.74) is 2.95. The molecule has 4 atom stereocenters. The van der Waals surface area contributed by atoms with Gasteiger partial charge in [0.05, 0.1) is 30.6 Å². The lowest BCUT2D eigenvalue weighted by Gasteiger charge is -2.38. The van der Waals surface area contributed by atoms with Crippen LogP contribution in [-0.2, 0) is 14.4 Å². The molecule has 1 saturated heterocycles. The van der Waals surface area contributed by atoms with Crippen molar-refractivity contribution < 1.29 is 23.9 Å². The summed E-state index contributed by atoms with van der Waals surface area (Å²) in [7, 11) is 1.56. The second-order valence-corrected chi connectivity index (χ2v) is 9.88. The van der Waals surface area contributed by atoms with Crippen molar-refractivity contribution in [1.29, 1.82) is 0 Å². The molecule has 4 aromatic carbocycles. The fourth-order valence-electron chi connectivity index (χ4n) is 6.32. The summed E-state index contributed by atoms with van der Waals surface area (Å²) in [6.07, 6.45) is 2.02. The number of allylic oxidation sites excluding steroid dienone is 1. The molecule has 0 aromatic heterocycles. The van der Waals surface area contributed by atoms with E-state index < -0.39 is 23.7 Å². The number of hydrogen-bond acceptors (Lipinski definition) is 5. The number of benzene rings is 4. The summed E-state index contributed by atoms with van der Waals surface area (Å²) in [6.45, 7) is 0. The minimum absolute atomic E-state index is 0.314. The number of rotatable bonds is 3. The van der Waals surface area contributed by atoms with E-state index in [4.69, 9.17) is 9.47 Å². The molecule has 1 fully saturated rings. The van der Waals surface area contributed by atoms with E-state index in [0.29, 0.717) is 17.2 Å². The van der Waals surface area contributed by atoms with Gasteiger partial charge in [0.1, 0.15) is 11.5 Å². The Morgan fingerprint density at radius 2 is 1.47 bits per heavy atom. The van der Waals surface area contributed by atoms with Gasteiger partial charge in [0.2, 0.25) is 11.8 Å². The molecule has 0 radical (unpaired) electrons. The van der Waals surface area contributed by atoms with Gasteiger partial charge in [-0.05, 0) is 52.2 Å². The van der Waals surface area contributed by atoms with E-state index in [1.54, 1.807) is 31.4 Å². The molecule has 6 nitrogen and oxygen atoms in total. The minimum atomic E-state index is -0.880. The largest absolute Gasteiger partial charge is 0.497 e. The molecule has 0 N–H and O–H groups in total. The van der Waals surface area contributed by atoms with Crippen LogP contribution in [0.1, 0.15) is 17.0 Å². The topological polar surface area (TPSA) is 72.9 Å². The minimum Gasteiger partial charge on any atom is -0.497 e. The van der Waals surface area contributed by atoms with Crippen LogP contribution in [0, 0.1) is 17.8 Å². The number of amides is 2. The fraction of sp³-hybridized carbons (Fsp3) is 0.156. The van der Waals surface area contributed by atoms with Gasteiger partial charge in [-0.15, -0.1) is 0 Å². The van der Waals surface area contributed by atoms with Crippen molar-refractivity contribution in [2.75, 3.05) is 12.0 Å². The predicted octanol–water partition coefficient (Wildman–Crippen LogP) is 5.37. The first-order valence-electron chi connectivity index (χ1n) is 12.6. The monoisotopic (exact) mass is 501 g/mol. The Hall–Kier alpha value is -4.71. The third-order valence-corrected chi connectivity index (χ3v) is 8.00. The van der Waals surface area contributed by atoms with Crippen LogP contribution >= 0.6 is 0 Å². The number of methoxy groups -OCH3 is 1. The highest BCUT2D eigenvalue weighted by atomic mass is 16.5. The molecular formula is C32H23NO5. The number of imide groups is 1. The van der Waals surface area contributed by atoms with E-state index in [2.05, 4.69) is 0 Å². The third-order valence-electron chi connectivity index (χ3n) is 8.00. The number of hydrogen-bond donors (Lipinski definition) is 0. The number of esters is 1. The van der Waals surface area contributed by atoms with Gasteiger partial charge in [0.15, 0.2) is 0 Å². The smallest absolute Gasteiger partial charge is 0.319 e. The molecule has 7 rings (SSSR count). The van der Waals surface area contributed by atoms with Crippen molar-refractivity contribution in [1.82, 2.24) is 0 Å². The van der Waals surface area contributed by atoms with Crippen LogP contribution in [0.3, 0.4) is 0 Å². The van der Waals surface area contributed by atoms with Crippen molar-refractivity contribution in [2.45, 2.75) is 5.92 Å². The van der Waals surface area contributed by atoms with Crippen LogP contribution in [0.25, 0.3) is 16.3 Å². The quantitative estimate of drug-likeness (QED) is 0.214. The van der Waals surface area contributed by atoms with Gasteiger partial charge in [0.25, 0.3) is 0 Å². The number of carbonyl (C=O) groups is 3. The molecule has 4 aromatic rings. The first-order valence-corrected chi connectivity index (χ1v) is 12.6. The first-order chi connectivity index (χ1) is 18.6. The molecule has 1 aliphatic carbocycles.